The van der Waals surface area contributed by atoms with Gasteiger partial charge in [0.05, 0.1) is 18.1 Å². The average Bonchev–Trinajstić information content (AvgIpc) is 2.64. The molecule has 0 bridgehead atoms. The molecule has 4 nitrogen and oxygen atoms in total. The topological polar surface area (TPSA) is 49.8 Å². The highest BCUT2D eigenvalue weighted by atomic mass is 16.5. The van der Waals surface area contributed by atoms with Gasteiger partial charge in [-0.05, 0) is 70.9 Å². The van der Waals surface area contributed by atoms with Gasteiger partial charge in [0.25, 0.3) is 0 Å². The summed E-state index contributed by atoms with van der Waals surface area (Å²) in [7, 11) is 0. The fourth-order valence-electron chi connectivity index (χ4n) is 3.71. The van der Waals surface area contributed by atoms with Crippen molar-refractivity contribution >= 4 is 5.97 Å². The number of esters is 1. The van der Waals surface area contributed by atoms with E-state index >= 15 is 0 Å². The average molecular weight is 297 g/mol. The van der Waals surface area contributed by atoms with Crippen LogP contribution in [0.25, 0.3) is 0 Å². The summed E-state index contributed by atoms with van der Waals surface area (Å²) in [5.41, 5.74) is -0.601. The number of carbonyl (C=O) groups is 1. The van der Waals surface area contributed by atoms with Crippen LogP contribution in [0.2, 0.25) is 0 Å². The highest BCUT2D eigenvalue weighted by Gasteiger charge is 2.37. The van der Waals surface area contributed by atoms with E-state index in [9.17, 15) is 9.90 Å². The fraction of sp³-hybridized carbons (Fsp3) is 0.941. The third-order valence-electron chi connectivity index (χ3n) is 5.16. The van der Waals surface area contributed by atoms with E-state index in [1.165, 1.54) is 19.3 Å². The third-order valence-corrected chi connectivity index (χ3v) is 5.16. The molecule has 1 saturated carbocycles. The lowest BCUT2D eigenvalue weighted by Gasteiger charge is -2.38. The molecule has 0 amide bonds. The first-order valence-corrected chi connectivity index (χ1v) is 8.64. The van der Waals surface area contributed by atoms with Crippen molar-refractivity contribution in [1.82, 2.24) is 4.90 Å². The van der Waals surface area contributed by atoms with Crippen LogP contribution >= 0.6 is 0 Å². The summed E-state index contributed by atoms with van der Waals surface area (Å²) in [5.74, 6) is 0.724. The summed E-state index contributed by atoms with van der Waals surface area (Å²) in [4.78, 5) is 14.2. The number of β-amino-alcohol motifs (C(OH)–C–C–N with tert-alkyl or cyclic N) is 1. The van der Waals surface area contributed by atoms with E-state index in [0.29, 0.717) is 6.61 Å². The van der Waals surface area contributed by atoms with Crippen LogP contribution in [0.3, 0.4) is 0 Å². The Kier molecular flexibility index (Phi) is 6.06. The van der Waals surface area contributed by atoms with Gasteiger partial charge in [0.2, 0.25) is 0 Å². The van der Waals surface area contributed by atoms with Gasteiger partial charge in [-0.1, -0.05) is 6.92 Å². The van der Waals surface area contributed by atoms with Gasteiger partial charge < -0.3 is 14.7 Å². The number of likely N-dealkylation sites (tertiary alicyclic amines) is 1. The first-order chi connectivity index (χ1) is 10.0. The second-order valence-electron chi connectivity index (χ2n) is 7.06. The van der Waals surface area contributed by atoms with Gasteiger partial charge in [-0.2, -0.15) is 0 Å². The molecule has 122 valence electrons. The van der Waals surface area contributed by atoms with E-state index in [-0.39, 0.29) is 11.9 Å². The number of rotatable bonds is 4. The van der Waals surface area contributed by atoms with Crippen molar-refractivity contribution < 1.29 is 14.6 Å². The molecule has 0 aromatic carbocycles. The van der Waals surface area contributed by atoms with Crippen LogP contribution in [0.1, 0.15) is 58.8 Å². The van der Waals surface area contributed by atoms with E-state index in [2.05, 4.69) is 11.8 Å². The molecule has 4 heteroatoms. The molecule has 1 unspecified atom stereocenters. The van der Waals surface area contributed by atoms with E-state index in [4.69, 9.17) is 4.74 Å². The van der Waals surface area contributed by atoms with Gasteiger partial charge in [0.1, 0.15) is 0 Å². The van der Waals surface area contributed by atoms with Gasteiger partial charge in [0, 0.05) is 6.54 Å². The summed E-state index contributed by atoms with van der Waals surface area (Å²) in [5, 5.41) is 10.8. The van der Waals surface area contributed by atoms with Crippen molar-refractivity contribution in [3.8, 4) is 0 Å². The normalized spacial score (nSPS) is 35.2. The predicted octanol–water partition coefficient (Wildman–Crippen LogP) is 2.59. The van der Waals surface area contributed by atoms with Crippen LogP contribution < -0.4 is 0 Å². The highest BCUT2D eigenvalue weighted by Crippen LogP contribution is 2.34. The van der Waals surface area contributed by atoms with Gasteiger partial charge in [-0.15, -0.1) is 0 Å². The molecular formula is C17H31NO3. The smallest absolute Gasteiger partial charge is 0.308 e. The lowest BCUT2D eigenvalue weighted by Crippen LogP contribution is -2.46. The molecule has 1 saturated heterocycles. The minimum atomic E-state index is -0.601. The molecule has 21 heavy (non-hydrogen) atoms. The number of ether oxygens (including phenoxy) is 1. The van der Waals surface area contributed by atoms with Crippen LogP contribution in [0.4, 0.5) is 0 Å². The monoisotopic (exact) mass is 297 g/mol. The molecule has 2 rings (SSSR count). The van der Waals surface area contributed by atoms with Crippen LogP contribution in [0.5, 0.6) is 0 Å². The van der Waals surface area contributed by atoms with Gasteiger partial charge in [-0.3, -0.25) is 4.79 Å². The number of hydrogen-bond acceptors (Lipinski definition) is 4. The molecule has 1 aliphatic carbocycles. The number of carbonyl (C=O) groups excluding carboxylic acids is 1. The molecule has 0 radical (unpaired) electrons. The van der Waals surface area contributed by atoms with Crippen LogP contribution in [0, 0.1) is 11.8 Å². The van der Waals surface area contributed by atoms with Crippen molar-refractivity contribution in [2.45, 2.75) is 64.4 Å². The van der Waals surface area contributed by atoms with Crippen molar-refractivity contribution in [2.24, 2.45) is 11.8 Å². The van der Waals surface area contributed by atoms with E-state index in [1.54, 1.807) is 0 Å². The Morgan fingerprint density at radius 2 is 1.95 bits per heavy atom. The maximum absolute atomic E-state index is 11.8. The zero-order valence-electron chi connectivity index (χ0n) is 13.6. The van der Waals surface area contributed by atoms with E-state index in [1.807, 2.05) is 6.92 Å². The number of hydrogen-bond donors (Lipinski definition) is 1. The number of nitrogens with zero attached hydrogens (tertiary/aromatic N) is 1. The largest absolute Gasteiger partial charge is 0.466 e. The molecule has 1 N–H and O–H groups in total. The van der Waals surface area contributed by atoms with Crippen molar-refractivity contribution in [1.29, 1.82) is 0 Å². The molecule has 0 aromatic heterocycles. The molecule has 1 aliphatic heterocycles. The van der Waals surface area contributed by atoms with E-state index < -0.39 is 5.60 Å². The van der Waals surface area contributed by atoms with Crippen LogP contribution in [-0.4, -0.2) is 47.8 Å². The van der Waals surface area contributed by atoms with Crippen molar-refractivity contribution in [3.63, 3.8) is 0 Å². The Labute approximate surface area is 128 Å². The van der Waals surface area contributed by atoms with E-state index in [0.717, 1.165) is 51.2 Å². The molecule has 0 spiro atoms. The third kappa shape index (κ3) is 4.96. The first-order valence-electron chi connectivity index (χ1n) is 8.64. The minimum Gasteiger partial charge on any atom is -0.466 e. The first kappa shape index (κ1) is 16.8. The molecule has 1 atom stereocenters. The summed E-state index contributed by atoms with van der Waals surface area (Å²) in [6, 6.07) is 0. The van der Waals surface area contributed by atoms with Gasteiger partial charge in [0.15, 0.2) is 0 Å². The number of aliphatic hydroxyl groups is 1. The Morgan fingerprint density at radius 1 is 1.24 bits per heavy atom. The van der Waals surface area contributed by atoms with Crippen molar-refractivity contribution in [2.75, 3.05) is 26.2 Å². The zero-order chi connectivity index (χ0) is 15.3. The molecular weight excluding hydrogens is 266 g/mol. The SMILES string of the molecule is CCOC(=O)C1CCC(O)(CN2CCCC(C)CC2)CC1. The Bertz CT molecular complexity index is 337. The Morgan fingerprint density at radius 3 is 2.62 bits per heavy atom. The lowest BCUT2D eigenvalue weighted by molar-refractivity contribution is -0.151. The molecule has 0 aromatic rings. The van der Waals surface area contributed by atoms with Crippen LogP contribution in [0.15, 0.2) is 0 Å². The Balaban J connectivity index is 1.80. The second kappa shape index (κ2) is 7.59. The maximum atomic E-state index is 11.8. The summed E-state index contributed by atoms with van der Waals surface area (Å²) < 4.78 is 5.10. The van der Waals surface area contributed by atoms with Gasteiger partial charge in [-0.25, -0.2) is 0 Å². The maximum Gasteiger partial charge on any atom is 0.308 e. The lowest BCUT2D eigenvalue weighted by atomic mass is 9.78. The summed E-state index contributed by atoms with van der Waals surface area (Å²) >= 11 is 0. The minimum absolute atomic E-state index is 0.00520. The summed E-state index contributed by atoms with van der Waals surface area (Å²) in [6.07, 6.45) is 6.76. The molecule has 2 fully saturated rings. The predicted molar refractivity (Wildman–Crippen MR) is 83.0 cm³/mol. The quantitative estimate of drug-likeness (QED) is 0.810. The zero-order valence-corrected chi connectivity index (χ0v) is 13.6. The standard InChI is InChI=1S/C17H31NO3/c1-3-21-16(19)15-6-9-17(20,10-7-15)13-18-11-4-5-14(2)8-12-18/h14-15,20H,3-13H2,1-2H3. The second-order valence-corrected chi connectivity index (χ2v) is 7.06. The van der Waals surface area contributed by atoms with Crippen LogP contribution in [-0.2, 0) is 9.53 Å². The Hall–Kier alpha value is -0.610. The highest BCUT2D eigenvalue weighted by molar-refractivity contribution is 5.72. The fourth-order valence-corrected chi connectivity index (χ4v) is 3.71. The molecule has 1 heterocycles. The van der Waals surface area contributed by atoms with Crippen molar-refractivity contribution in [3.05, 3.63) is 0 Å². The molecule has 2 aliphatic rings. The summed E-state index contributed by atoms with van der Waals surface area (Å²) in [6.45, 7) is 7.60. The van der Waals surface area contributed by atoms with Gasteiger partial charge >= 0.3 is 5.97 Å².